The lowest BCUT2D eigenvalue weighted by Gasteiger charge is -1.89. The van der Waals surface area contributed by atoms with Crippen LogP contribution in [0.25, 0.3) is 0 Å². The molecule has 0 saturated heterocycles. The standard InChI is InChI=1S/C10H13NO/c1-3-6-9(4-2)7-5-8-10(11)12/h3-7H,1-2,8H2,(H2,11,12)/b7-5+,9-6+. The Morgan fingerprint density at radius 2 is 2.08 bits per heavy atom. The second-order valence-electron chi connectivity index (χ2n) is 2.18. The van der Waals surface area contributed by atoms with Crippen LogP contribution in [0.15, 0.2) is 49.1 Å². The second kappa shape index (κ2) is 6.16. The lowest BCUT2D eigenvalue weighted by Crippen LogP contribution is -2.07. The van der Waals surface area contributed by atoms with Crippen molar-refractivity contribution in [1.82, 2.24) is 0 Å². The lowest BCUT2D eigenvalue weighted by molar-refractivity contribution is -0.117. The maximum absolute atomic E-state index is 10.3. The third-order valence-corrected chi connectivity index (χ3v) is 1.18. The van der Waals surface area contributed by atoms with Crippen LogP contribution in [0, 0.1) is 0 Å². The van der Waals surface area contributed by atoms with Gasteiger partial charge in [-0.1, -0.05) is 43.5 Å². The molecule has 0 aromatic carbocycles. The molecule has 64 valence electrons. The topological polar surface area (TPSA) is 43.1 Å². The fraction of sp³-hybridized carbons (Fsp3) is 0.100. The number of allylic oxidation sites excluding steroid dienone is 5. The van der Waals surface area contributed by atoms with Gasteiger partial charge in [-0.15, -0.1) is 0 Å². The molecule has 0 aromatic rings. The van der Waals surface area contributed by atoms with Crippen molar-refractivity contribution in [3.05, 3.63) is 49.1 Å². The first-order valence-corrected chi connectivity index (χ1v) is 3.60. The smallest absolute Gasteiger partial charge is 0.221 e. The van der Waals surface area contributed by atoms with Crippen molar-refractivity contribution in [3.8, 4) is 0 Å². The summed E-state index contributed by atoms with van der Waals surface area (Å²) in [6, 6.07) is 0. The van der Waals surface area contributed by atoms with E-state index in [4.69, 9.17) is 5.73 Å². The Morgan fingerprint density at radius 1 is 1.42 bits per heavy atom. The molecule has 2 N–H and O–H groups in total. The van der Waals surface area contributed by atoms with Gasteiger partial charge in [0.1, 0.15) is 0 Å². The molecular formula is C10H13NO. The highest BCUT2D eigenvalue weighted by atomic mass is 16.1. The van der Waals surface area contributed by atoms with Crippen molar-refractivity contribution in [2.24, 2.45) is 5.73 Å². The second-order valence-corrected chi connectivity index (χ2v) is 2.18. The number of hydrogen-bond acceptors (Lipinski definition) is 1. The van der Waals surface area contributed by atoms with Crippen LogP contribution in [0.2, 0.25) is 0 Å². The van der Waals surface area contributed by atoms with Gasteiger partial charge in [0, 0.05) is 6.42 Å². The molecule has 0 aliphatic carbocycles. The highest BCUT2D eigenvalue weighted by Crippen LogP contribution is 1.98. The molecule has 1 amide bonds. The van der Waals surface area contributed by atoms with Crippen molar-refractivity contribution < 1.29 is 4.79 Å². The summed E-state index contributed by atoms with van der Waals surface area (Å²) in [5, 5.41) is 0. The Morgan fingerprint density at radius 3 is 2.50 bits per heavy atom. The minimum atomic E-state index is -0.340. The Kier molecular flexibility index (Phi) is 5.35. The third-order valence-electron chi connectivity index (χ3n) is 1.18. The summed E-state index contributed by atoms with van der Waals surface area (Å²) in [6.07, 6.45) is 8.86. The van der Waals surface area contributed by atoms with Gasteiger partial charge in [-0.25, -0.2) is 0 Å². The zero-order valence-electron chi connectivity index (χ0n) is 6.99. The fourth-order valence-corrected chi connectivity index (χ4v) is 0.639. The zero-order valence-corrected chi connectivity index (χ0v) is 6.99. The van der Waals surface area contributed by atoms with Gasteiger partial charge >= 0.3 is 0 Å². The summed E-state index contributed by atoms with van der Waals surface area (Å²) < 4.78 is 0. The predicted octanol–water partition coefficient (Wildman–Crippen LogP) is 1.72. The van der Waals surface area contributed by atoms with E-state index in [-0.39, 0.29) is 12.3 Å². The maximum atomic E-state index is 10.3. The van der Waals surface area contributed by atoms with Crippen LogP contribution in [0.1, 0.15) is 6.42 Å². The molecule has 2 heteroatoms. The van der Waals surface area contributed by atoms with E-state index in [1.165, 1.54) is 0 Å². The van der Waals surface area contributed by atoms with Crippen LogP contribution in [0.4, 0.5) is 0 Å². The molecule has 0 aromatic heterocycles. The number of hydrogen-bond donors (Lipinski definition) is 1. The van der Waals surface area contributed by atoms with Gasteiger partial charge in [0.25, 0.3) is 0 Å². The number of nitrogens with two attached hydrogens (primary N) is 1. The van der Waals surface area contributed by atoms with Gasteiger partial charge in [-0.3, -0.25) is 4.79 Å². The molecular weight excluding hydrogens is 150 g/mol. The number of carbonyl (C=O) groups excluding carboxylic acids is 1. The molecule has 2 nitrogen and oxygen atoms in total. The molecule has 0 radical (unpaired) electrons. The molecule has 0 aliphatic rings. The van der Waals surface area contributed by atoms with Crippen molar-refractivity contribution in [2.75, 3.05) is 0 Å². The van der Waals surface area contributed by atoms with Crippen LogP contribution in [-0.2, 0) is 4.79 Å². The molecule has 0 saturated carbocycles. The van der Waals surface area contributed by atoms with Crippen LogP contribution in [-0.4, -0.2) is 5.91 Å². The third kappa shape index (κ3) is 5.23. The molecule has 0 heterocycles. The van der Waals surface area contributed by atoms with E-state index < -0.39 is 0 Å². The quantitative estimate of drug-likeness (QED) is 0.616. The summed E-state index contributed by atoms with van der Waals surface area (Å²) in [5.41, 5.74) is 5.85. The summed E-state index contributed by atoms with van der Waals surface area (Å²) >= 11 is 0. The highest BCUT2D eigenvalue weighted by molar-refractivity contribution is 5.75. The minimum absolute atomic E-state index is 0.252. The van der Waals surface area contributed by atoms with Crippen molar-refractivity contribution in [3.63, 3.8) is 0 Å². The van der Waals surface area contributed by atoms with Crippen LogP contribution >= 0.6 is 0 Å². The Labute approximate surface area is 72.8 Å². The average Bonchev–Trinajstić information content (AvgIpc) is 2.02. The molecule has 0 unspecified atom stereocenters. The first-order valence-electron chi connectivity index (χ1n) is 3.60. The van der Waals surface area contributed by atoms with E-state index in [9.17, 15) is 4.79 Å². The SMILES string of the molecule is C=C/C=C(C=C)/C=C/CC(N)=O. The van der Waals surface area contributed by atoms with Gasteiger partial charge < -0.3 is 5.73 Å². The first kappa shape index (κ1) is 10.4. The van der Waals surface area contributed by atoms with Crippen molar-refractivity contribution >= 4 is 5.91 Å². The number of carbonyl (C=O) groups is 1. The van der Waals surface area contributed by atoms with Crippen molar-refractivity contribution in [2.45, 2.75) is 6.42 Å². The molecule has 0 bridgehead atoms. The molecule has 0 fully saturated rings. The van der Waals surface area contributed by atoms with E-state index in [2.05, 4.69) is 13.2 Å². The molecule has 0 atom stereocenters. The van der Waals surface area contributed by atoms with Gasteiger partial charge in [-0.2, -0.15) is 0 Å². The molecule has 12 heavy (non-hydrogen) atoms. The molecule has 0 spiro atoms. The molecule has 0 aliphatic heterocycles. The van der Waals surface area contributed by atoms with Gasteiger partial charge in [-0.05, 0) is 5.57 Å². The van der Waals surface area contributed by atoms with E-state index in [0.717, 1.165) is 5.57 Å². The normalized spacial score (nSPS) is 11.5. The van der Waals surface area contributed by atoms with E-state index in [0.29, 0.717) is 0 Å². The zero-order chi connectivity index (χ0) is 9.40. The monoisotopic (exact) mass is 163 g/mol. The average molecular weight is 163 g/mol. The van der Waals surface area contributed by atoms with Gasteiger partial charge in [0.05, 0.1) is 0 Å². The minimum Gasteiger partial charge on any atom is -0.369 e. The fourth-order valence-electron chi connectivity index (χ4n) is 0.639. The van der Waals surface area contributed by atoms with Crippen molar-refractivity contribution in [1.29, 1.82) is 0 Å². The van der Waals surface area contributed by atoms with Crippen LogP contribution in [0.3, 0.4) is 0 Å². The van der Waals surface area contributed by atoms with E-state index >= 15 is 0 Å². The number of amides is 1. The first-order chi connectivity index (χ1) is 5.70. The predicted molar refractivity (Wildman–Crippen MR) is 51.4 cm³/mol. The van der Waals surface area contributed by atoms with Crippen LogP contribution < -0.4 is 5.73 Å². The summed E-state index contributed by atoms with van der Waals surface area (Å²) in [7, 11) is 0. The summed E-state index contributed by atoms with van der Waals surface area (Å²) in [5.74, 6) is -0.340. The highest BCUT2D eigenvalue weighted by Gasteiger charge is 1.86. The maximum Gasteiger partial charge on any atom is 0.221 e. The molecule has 0 rings (SSSR count). The Hall–Kier alpha value is -1.57. The van der Waals surface area contributed by atoms with Gasteiger partial charge in [0.15, 0.2) is 0 Å². The number of primary amides is 1. The Balaban J connectivity index is 4.10. The summed E-state index contributed by atoms with van der Waals surface area (Å²) in [4.78, 5) is 10.3. The lowest BCUT2D eigenvalue weighted by atomic mass is 10.2. The van der Waals surface area contributed by atoms with Gasteiger partial charge in [0.2, 0.25) is 5.91 Å². The van der Waals surface area contributed by atoms with E-state index in [1.807, 2.05) is 0 Å². The van der Waals surface area contributed by atoms with Crippen LogP contribution in [0.5, 0.6) is 0 Å². The largest absolute Gasteiger partial charge is 0.369 e. The number of rotatable bonds is 5. The van der Waals surface area contributed by atoms with E-state index in [1.54, 1.807) is 30.4 Å². The Bertz CT molecular complexity index is 236. The summed E-state index contributed by atoms with van der Waals surface area (Å²) in [6.45, 7) is 7.14.